The molecular weight excluding hydrogens is 258 g/mol. The molecule has 0 aromatic heterocycles. The number of benzene rings is 1. The Morgan fingerprint density at radius 2 is 1.68 bits per heavy atom. The van der Waals surface area contributed by atoms with Crippen LogP contribution in [0.4, 0.5) is 0 Å². The van der Waals surface area contributed by atoms with Crippen molar-refractivity contribution in [2.24, 2.45) is 5.92 Å². The molecule has 0 saturated carbocycles. The third kappa shape index (κ3) is 5.74. The van der Waals surface area contributed by atoms with Crippen LogP contribution in [-0.4, -0.2) is 20.7 Å². The van der Waals surface area contributed by atoms with Crippen LogP contribution in [0, 0.1) is 5.92 Å². The van der Waals surface area contributed by atoms with E-state index in [9.17, 15) is 8.42 Å². The number of rotatable bonds is 8. The highest BCUT2D eigenvalue weighted by Gasteiger charge is 2.17. The molecule has 3 nitrogen and oxygen atoms in total. The van der Waals surface area contributed by atoms with E-state index in [2.05, 4.69) is 18.6 Å². The molecule has 0 bridgehead atoms. The molecule has 108 valence electrons. The van der Waals surface area contributed by atoms with Crippen LogP contribution in [0.3, 0.4) is 0 Å². The van der Waals surface area contributed by atoms with Gasteiger partial charge in [0.1, 0.15) is 0 Å². The van der Waals surface area contributed by atoms with Gasteiger partial charge in [0.25, 0.3) is 0 Å². The second-order valence-electron chi connectivity index (χ2n) is 5.12. The van der Waals surface area contributed by atoms with E-state index in [0.29, 0.717) is 12.5 Å². The number of hydrogen-bond acceptors (Lipinski definition) is 2. The molecule has 4 heteroatoms. The highest BCUT2D eigenvalue weighted by molar-refractivity contribution is 7.89. The maximum atomic E-state index is 12.0. The summed E-state index contributed by atoms with van der Waals surface area (Å²) in [5.74, 6) is 0.596. The van der Waals surface area contributed by atoms with Crippen molar-refractivity contribution in [1.82, 2.24) is 4.72 Å². The van der Waals surface area contributed by atoms with Crippen molar-refractivity contribution in [3.63, 3.8) is 0 Å². The van der Waals surface area contributed by atoms with Crippen LogP contribution in [0.5, 0.6) is 0 Å². The van der Waals surface area contributed by atoms with Gasteiger partial charge in [0.15, 0.2) is 0 Å². The molecular formula is C15H25NO2S. The summed E-state index contributed by atoms with van der Waals surface area (Å²) >= 11 is 0. The smallest absolute Gasteiger partial charge is 0.212 e. The van der Waals surface area contributed by atoms with Crippen LogP contribution >= 0.6 is 0 Å². The summed E-state index contributed by atoms with van der Waals surface area (Å²) in [5.41, 5.74) is 1.07. The molecule has 1 aromatic carbocycles. The van der Waals surface area contributed by atoms with Gasteiger partial charge >= 0.3 is 0 Å². The predicted octanol–water partition coefficient (Wildman–Crippen LogP) is 3.15. The molecule has 0 saturated heterocycles. The lowest BCUT2D eigenvalue weighted by molar-refractivity contribution is 0.478. The fourth-order valence-corrected chi connectivity index (χ4v) is 3.55. The van der Waals surface area contributed by atoms with Crippen LogP contribution in [0.2, 0.25) is 0 Å². The van der Waals surface area contributed by atoms with Gasteiger partial charge in [0.05, 0.1) is 5.75 Å². The van der Waals surface area contributed by atoms with Crippen molar-refractivity contribution in [1.29, 1.82) is 0 Å². The lowest BCUT2D eigenvalue weighted by atomic mass is 10.0. The minimum absolute atomic E-state index is 0.0143. The predicted molar refractivity (Wildman–Crippen MR) is 80.7 cm³/mol. The topological polar surface area (TPSA) is 46.2 Å². The number of nitrogens with one attached hydrogen (secondary N) is 1. The highest BCUT2D eigenvalue weighted by Crippen LogP contribution is 2.16. The molecule has 0 aliphatic heterocycles. The molecule has 1 aromatic rings. The van der Waals surface area contributed by atoms with Crippen LogP contribution < -0.4 is 4.72 Å². The maximum absolute atomic E-state index is 12.0. The summed E-state index contributed by atoms with van der Waals surface area (Å²) in [7, 11) is -3.19. The van der Waals surface area contributed by atoms with Crippen molar-refractivity contribution >= 4 is 10.0 Å². The van der Waals surface area contributed by atoms with E-state index in [1.807, 2.05) is 37.3 Å². The Morgan fingerprint density at radius 1 is 1.11 bits per heavy atom. The van der Waals surface area contributed by atoms with E-state index in [1.165, 1.54) is 0 Å². The highest BCUT2D eigenvalue weighted by atomic mass is 32.2. The van der Waals surface area contributed by atoms with Gasteiger partial charge in [-0.05, 0) is 17.4 Å². The molecule has 19 heavy (non-hydrogen) atoms. The molecule has 0 aliphatic rings. The Hall–Kier alpha value is -0.870. The molecule has 0 aliphatic carbocycles. The maximum Gasteiger partial charge on any atom is 0.212 e. The summed E-state index contributed by atoms with van der Waals surface area (Å²) < 4.78 is 26.8. The van der Waals surface area contributed by atoms with Crippen molar-refractivity contribution < 1.29 is 8.42 Å². The van der Waals surface area contributed by atoms with E-state index in [1.54, 1.807) is 0 Å². The van der Waals surface area contributed by atoms with Crippen molar-refractivity contribution in [3.8, 4) is 0 Å². The van der Waals surface area contributed by atoms with Crippen LogP contribution in [0.25, 0.3) is 0 Å². The largest absolute Gasteiger partial charge is 0.215 e. The molecule has 0 spiro atoms. The molecule has 0 radical (unpaired) electrons. The molecule has 1 atom stereocenters. The van der Waals surface area contributed by atoms with Gasteiger partial charge in [-0.1, -0.05) is 63.9 Å². The summed E-state index contributed by atoms with van der Waals surface area (Å²) in [6.07, 6.45) is 2.01. The molecule has 0 heterocycles. The first-order valence-electron chi connectivity index (χ1n) is 7.00. The summed E-state index contributed by atoms with van der Waals surface area (Å²) in [6, 6.07) is 9.77. The van der Waals surface area contributed by atoms with Crippen LogP contribution in [0.15, 0.2) is 30.3 Å². The first-order valence-corrected chi connectivity index (χ1v) is 8.66. The van der Waals surface area contributed by atoms with E-state index in [0.717, 1.165) is 18.4 Å². The molecule has 1 N–H and O–H groups in total. The van der Waals surface area contributed by atoms with E-state index < -0.39 is 10.0 Å². The minimum Gasteiger partial charge on any atom is -0.215 e. The van der Waals surface area contributed by atoms with Gasteiger partial charge in [-0.2, -0.15) is 0 Å². The summed E-state index contributed by atoms with van der Waals surface area (Å²) in [6.45, 7) is 6.69. The normalized spacial score (nSPS) is 13.7. The monoisotopic (exact) mass is 283 g/mol. The third-order valence-electron chi connectivity index (χ3n) is 3.58. The van der Waals surface area contributed by atoms with Gasteiger partial charge in [-0.3, -0.25) is 0 Å². The summed E-state index contributed by atoms with van der Waals surface area (Å²) in [5, 5.41) is 0. The van der Waals surface area contributed by atoms with E-state index in [-0.39, 0.29) is 11.7 Å². The third-order valence-corrected chi connectivity index (χ3v) is 5.13. The Balaban J connectivity index is 2.55. The zero-order valence-electron chi connectivity index (χ0n) is 12.1. The van der Waals surface area contributed by atoms with Crippen LogP contribution in [0.1, 0.15) is 45.1 Å². The molecule has 0 fully saturated rings. The Kier molecular flexibility index (Phi) is 6.52. The minimum atomic E-state index is -3.19. The Bertz CT molecular complexity index is 452. The number of sulfonamides is 1. The van der Waals surface area contributed by atoms with Crippen molar-refractivity contribution in [3.05, 3.63) is 35.9 Å². The number of hydrogen-bond donors (Lipinski definition) is 1. The standard InChI is InChI=1S/C15H25NO2S/c1-4-14(5-2)11-16-19(17,18)12-13(3)15-9-7-6-8-10-15/h6-10,13-14,16H,4-5,11-12H2,1-3H3. The van der Waals surface area contributed by atoms with E-state index in [4.69, 9.17) is 0 Å². The lowest BCUT2D eigenvalue weighted by Crippen LogP contribution is -2.32. The first-order chi connectivity index (χ1) is 8.98. The quantitative estimate of drug-likeness (QED) is 0.796. The first kappa shape index (κ1) is 16.2. The zero-order chi connectivity index (χ0) is 14.3. The van der Waals surface area contributed by atoms with Crippen molar-refractivity contribution in [2.45, 2.75) is 39.5 Å². The van der Waals surface area contributed by atoms with Gasteiger partial charge in [0, 0.05) is 6.54 Å². The lowest BCUT2D eigenvalue weighted by Gasteiger charge is -2.16. The Morgan fingerprint density at radius 3 is 2.21 bits per heavy atom. The average Bonchev–Trinajstić information content (AvgIpc) is 2.40. The SMILES string of the molecule is CCC(CC)CNS(=O)(=O)CC(C)c1ccccc1. The molecule has 1 unspecified atom stereocenters. The fraction of sp³-hybridized carbons (Fsp3) is 0.600. The van der Waals surface area contributed by atoms with Gasteiger partial charge in [-0.15, -0.1) is 0 Å². The summed E-state index contributed by atoms with van der Waals surface area (Å²) in [4.78, 5) is 0. The fourth-order valence-electron chi connectivity index (χ4n) is 2.09. The van der Waals surface area contributed by atoms with Crippen molar-refractivity contribution in [2.75, 3.05) is 12.3 Å². The zero-order valence-corrected chi connectivity index (χ0v) is 12.9. The second kappa shape index (κ2) is 7.65. The van der Waals surface area contributed by atoms with E-state index >= 15 is 0 Å². The van der Waals surface area contributed by atoms with Crippen LogP contribution in [-0.2, 0) is 10.0 Å². The average molecular weight is 283 g/mol. The van der Waals surface area contributed by atoms with Gasteiger partial charge in [0.2, 0.25) is 10.0 Å². The molecule has 1 rings (SSSR count). The Labute approximate surface area is 117 Å². The van der Waals surface area contributed by atoms with Gasteiger partial charge in [-0.25, -0.2) is 13.1 Å². The molecule has 0 amide bonds. The second-order valence-corrected chi connectivity index (χ2v) is 6.98. The van der Waals surface area contributed by atoms with Gasteiger partial charge < -0.3 is 0 Å².